The Bertz CT molecular complexity index is 529. The number of nitrogens with one attached hydrogen (secondary N) is 2. The third kappa shape index (κ3) is 4.57. The molecule has 1 aromatic heterocycles. The van der Waals surface area contributed by atoms with Crippen molar-refractivity contribution in [2.75, 3.05) is 0 Å². The summed E-state index contributed by atoms with van der Waals surface area (Å²) in [6.07, 6.45) is 2.68. The van der Waals surface area contributed by atoms with E-state index >= 15 is 0 Å². The minimum absolute atomic E-state index is 0.0891. The van der Waals surface area contributed by atoms with Crippen LogP contribution in [0.5, 0.6) is 0 Å². The fourth-order valence-corrected chi connectivity index (χ4v) is 4.03. The average molecular weight is 306 g/mol. The minimum atomic E-state index is 0.0891. The molecule has 2 rings (SSSR count). The molecule has 0 saturated carbocycles. The van der Waals surface area contributed by atoms with Gasteiger partial charge in [0, 0.05) is 24.5 Å². The number of piperidine rings is 1. The van der Waals surface area contributed by atoms with Crippen LogP contribution in [-0.4, -0.2) is 26.8 Å². The standard InChI is InChI=1S/C17H30N4O/c1-12-7-14(21(6)19-12)11-18-15(22)8-13-9-16(2,3)20-17(4,5)10-13/h7,13,20H,8-11H2,1-6H3,(H,18,22). The van der Waals surface area contributed by atoms with Crippen molar-refractivity contribution in [3.63, 3.8) is 0 Å². The molecule has 22 heavy (non-hydrogen) atoms. The van der Waals surface area contributed by atoms with Crippen molar-refractivity contribution in [2.45, 2.75) is 71.5 Å². The van der Waals surface area contributed by atoms with Gasteiger partial charge in [0.05, 0.1) is 17.9 Å². The highest BCUT2D eigenvalue weighted by Crippen LogP contribution is 2.34. The number of rotatable bonds is 4. The monoisotopic (exact) mass is 306 g/mol. The summed E-state index contributed by atoms with van der Waals surface area (Å²) in [5.74, 6) is 0.567. The van der Waals surface area contributed by atoms with Gasteiger partial charge in [0.2, 0.25) is 5.91 Å². The molecule has 1 aromatic rings. The summed E-state index contributed by atoms with van der Waals surface area (Å²) in [4.78, 5) is 12.3. The van der Waals surface area contributed by atoms with E-state index in [0.717, 1.165) is 24.2 Å². The van der Waals surface area contributed by atoms with E-state index in [1.54, 1.807) is 0 Å². The first-order chi connectivity index (χ1) is 10.1. The predicted octanol–water partition coefficient (Wildman–Crippen LogP) is 2.29. The van der Waals surface area contributed by atoms with E-state index in [4.69, 9.17) is 0 Å². The summed E-state index contributed by atoms with van der Waals surface area (Å²) < 4.78 is 1.83. The molecule has 0 radical (unpaired) electrons. The molecule has 0 aliphatic carbocycles. The van der Waals surface area contributed by atoms with Gasteiger partial charge in [0.15, 0.2) is 0 Å². The van der Waals surface area contributed by atoms with E-state index in [9.17, 15) is 4.79 Å². The lowest BCUT2D eigenvalue weighted by molar-refractivity contribution is -0.122. The summed E-state index contributed by atoms with van der Waals surface area (Å²) >= 11 is 0. The number of carbonyl (C=O) groups is 1. The van der Waals surface area contributed by atoms with E-state index in [2.05, 4.69) is 43.4 Å². The van der Waals surface area contributed by atoms with Gasteiger partial charge in [-0.15, -0.1) is 0 Å². The fourth-order valence-electron chi connectivity index (χ4n) is 4.03. The summed E-state index contributed by atoms with van der Waals surface area (Å²) in [5.41, 5.74) is 2.20. The molecule has 5 nitrogen and oxygen atoms in total. The lowest BCUT2D eigenvalue weighted by Gasteiger charge is -2.46. The van der Waals surface area contributed by atoms with Crippen molar-refractivity contribution in [1.82, 2.24) is 20.4 Å². The quantitative estimate of drug-likeness (QED) is 0.897. The second-order valence-electron chi connectivity index (χ2n) is 8.05. The largest absolute Gasteiger partial charge is 0.350 e. The Morgan fingerprint density at radius 1 is 1.36 bits per heavy atom. The van der Waals surface area contributed by atoms with Crippen LogP contribution in [0.1, 0.15) is 58.3 Å². The van der Waals surface area contributed by atoms with Crippen molar-refractivity contribution in [3.05, 3.63) is 17.5 Å². The number of aromatic nitrogens is 2. The molecule has 1 aliphatic rings. The van der Waals surface area contributed by atoms with Crippen molar-refractivity contribution in [2.24, 2.45) is 13.0 Å². The van der Waals surface area contributed by atoms with Crippen LogP contribution < -0.4 is 10.6 Å². The second kappa shape index (κ2) is 6.03. The van der Waals surface area contributed by atoms with Gasteiger partial charge >= 0.3 is 0 Å². The predicted molar refractivity (Wildman–Crippen MR) is 88.4 cm³/mol. The average Bonchev–Trinajstić information content (AvgIpc) is 2.60. The zero-order valence-electron chi connectivity index (χ0n) is 14.8. The number of hydrogen-bond donors (Lipinski definition) is 2. The lowest BCUT2D eigenvalue weighted by Crippen LogP contribution is -2.58. The second-order valence-corrected chi connectivity index (χ2v) is 8.05. The zero-order valence-corrected chi connectivity index (χ0v) is 14.8. The molecule has 2 N–H and O–H groups in total. The molecule has 5 heteroatoms. The van der Waals surface area contributed by atoms with Gasteiger partial charge in [-0.25, -0.2) is 0 Å². The van der Waals surface area contributed by atoms with Crippen LogP contribution in [0.2, 0.25) is 0 Å². The number of carbonyl (C=O) groups excluding carboxylic acids is 1. The molecule has 0 aromatic carbocycles. The van der Waals surface area contributed by atoms with E-state index in [1.165, 1.54) is 0 Å². The Kier molecular flexibility index (Phi) is 4.66. The number of aryl methyl sites for hydroxylation is 2. The first-order valence-corrected chi connectivity index (χ1v) is 8.12. The molecule has 124 valence electrons. The third-order valence-corrected chi connectivity index (χ3v) is 4.31. The Morgan fingerprint density at radius 2 is 1.95 bits per heavy atom. The molecule has 0 bridgehead atoms. The van der Waals surface area contributed by atoms with Gasteiger partial charge in [-0.1, -0.05) is 0 Å². The molecule has 2 heterocycles. The van der Waals surface area contributed by atoms with Crippen LogP contribution >= 0.6 is 0 Å². The van der Waals surface area contributed by atoms with E-state index in [1.807, 2.05) is 24.7 Å². The molecule has 0 spiro atoms. The minimum Gasteiger partial charge on any atom is -0.350 e. The van der Waals surface area contributed by atoms with Crippen molar-refractivity contribution >= 4 is 5.91 Å². The Morgan fingerprint density at radius 3 is 2.45 bits per heavy atom. The first kappa shape index (κ1) is 17.0. The van der Waals surface area contributed by atoms with Crippen molar-refractivity contribution < 1.29 is 4.79 Å². The molecule has 1 saturated heterocycles. The van der Waals surface area contributed by atoms with E-state index in [-0.39, 0.29) is 17.0 Å². The SMILES string of the molecule is Cc1cc(CNC(=O)CC2CC(C)(C)NC(C)(C)C2)n(C)n1. The molecular formula is C17H30N4O. The number of hydrogen-bond acceptors (Lipinski definition) is 3. The smallest absolute Gasteiger partial charge is 0.220 e. The maximum atomic E-state index is 12.3. The van der Waals surface area contributed by atoms with E-state index < -0.39 is 0 Å². The molecule has 0 atom stereocenters. The fraction of sp³-hybridized carbons (Fsp3) is 0.765. The van der Waals surface area contributed by atoms with Crippen LogP contribution in [0.4, 0.5) is 0 Å². The van der Waals surface area contributed by atoms with Gasteiger partial charge < -0.3 is 10.6 Å². The first-order valence-electron chi connectivity index (χ1n) is 8.12. The molecule has 1 amide bonds. The topological polar surface area (TPSA) is 59.0 Å². The highest BCUT2D eigenvalue weighted by atomic mass is 16.1. The number of amides is 1. The van der Waals surface area contributed by atoms with Gasteiger partial charge in [0.1, 0.15) is 0 Å². The van der Waals surface area contributed by atoms with Crippen molar-refractivity contribution in [1.29, 1.82) is 0 Å². The molecule has 1 aliphatic heterocycles. The zero-order chi connectivity index (χ0) is 16.5. The highest BCUT2D eigenvalue weighted by Gasteiger charge is 2.38. The molecular weight excluding hydrogens is 276 g/mol. The normalized spacial score (nSPS) is 20.8. The number of nitrogens with zero attached hydrogens (tertiary/aromatic N) is 2. The maximum absolute atomic E-state index is 12.3. The Balaban J connectivity index is 1.88. The summed E-state index contributed by atoms with van der Waals surface area (Å²) in [6, 6.07) is 2.01. The van der Waals surface area contributed by atoms with Crippen LogP contribution in [-0.2, 0) is 18.4 Å². The maximum Gasteiger partial charge on any atom is 0.220 e. The molecule has 1 fully saturated rings. The lowest BCUT2D eigenvalue weighted by atomic mass is 9.74. The van der Waals surface area contributed by atoms with Crippen LogP contribution in [0, 0.1) is 12.8 Å². The third-order valence-electron chi connectivity index (χ3n) is 4.31. The van der Waals surface area contributed by atoms with E-state index in [0.29, 0.717) is 18.9 Å². The van der Waals surface area contributed by atoms with Crippen LogP contribution in [0.15, 0.2) is 6.07 Å². The highest BCUT2D eigenvalue weighted by molar-refractivity contribution is 5.76. The van der Waals surface area contributed by atoms with Gasteiger partial charge in [0.25, 0.3) is 0 Å². The van der Waals surface area contributed by atoms with Crippen LogP contribution in [0.3, 0.4) is 0 Å². The Hall–Kier alpha value is -1.36. The molecule has 0 unspecified atom stereocenters. The summed E-state index contributed by atoms with van der Waals surface area (Å²) in [7, 11) is 1.91. The summed E-state index contributed by atoms with van der Waals surface area (Å²) in [6.45, 7) is 11.4. The summed E-state index contributed by atoms with van der Waals surface area (Å²) in [5, 5.41) is 11.0. The van der Waals surface area contributed by atoms with Crippen LogP contribution in [0.25, 0.3) is 0 Å². The van der Waals surface area contributed by atoms with Crippen molar-refractivity contribution in [3.8, 4) is 0 Å². The van der Waals surface area contributed by atoms with Gasteiger partial charge in [-0.2, -0.15) is 5.10 Å². The Labute approximate surface area is 133 Å². The van der Waals surface area contributed by atoms with Gasteiger partial charge in [-0.3, -0.25) is 9.48 Å². The van der Waals surface area contributed by atoms with Gasteiger partial charge in [-0.05, 0) is 59.4 Å².